The molecule has 6 rings (SSSR count). The fourth-order valence-electron chi connectivity index (χ4n) is 4.91. The van der Waals surface area contributed by atoms with Gasteiger partial charge in [0, 0.05) is 43.1 Å². The molecule has 1 aliphatic heterocycles. The number of imidazole rings is 1. The maximum Gasteiger partial charge on any atom is 0.227 e. The molecule has 9 nitrogen and oxygen atoms in total. The maximum absolute atomic E-state index is 9.67. The van der Waals surface area contributed by atoms with Crippen LogP contribution < -0.4 is 14.8 Å². The Hall–Kier alpha value is -4.73. The monoisotopic (exact) mass is 562 g/mol. The lowest BCUT2D eigenvalue weighted by Gasteiger charge is -2.29. The molecule has 3 heterocycles. The Morgan fingerprint density at radius 3 is 2.57 bits per heavy atom. The van der Waals surface area contributed by atoms with Crippen molar-refractivity contribution >= 4 is 11.6 Å². The molecule has 2 aromatic heterocycles. The van der Waals surface area contributed by atoms with Gasteiger partial charge in [0.2, 0.25) is 5.95 Å². The molecule has 0 saturated carbocycles. The normalized spacial score (nSPS) is 14.0. The summed E-state index contributed by atoms with van der Waals surface area (Å²) in [6.07, 6.45) is 6.01. The van der Waals surface area contributed by atoms with Crippen LogP contribution in [0.15, 0.2) is 97.3 Å². The van der Waals surface area contributed by atoms with E-state index in [-0.39, 0.29) is 6.10 Å². The van der Waals surface area contributed by atoms with E-state index in [0.29, 0.717) is 12.6 Å². The van der Waals surface area contributed by atoms with E-state index in [1.807, 2.05) is 84.9 Å². The van der Waals surface area contributed by atoms with Crippen LogP contribution in [0.25, 0.3) is 22.8 Å². The van der Waals surface area contributed by atoms with Crippen molar-refractivity contribution in [1.29, 1.82) is 0 Å². The zero-order chi connectivity index (χ0) is 28.6. The van der Waals surface area contributed by atoms with Crippen LogP contribution in [0, 0.1) is 0 Å². The van der Waals surface area contributed by atoms with Crippen LogP contribution in [-0.2, 0) is 0 Å². The molecule has 9 heteroatoms. The lowest BCUT2D eigenvalue weighted by Crippen LogP contribution is -2.36. The van der Waals surface area contributed by atoms with Crippen LogP contribution in [0.2, 0.25) is 0 Å². The molecule has 5 aromatic rings. The molecule has 1 aliphatic rings. The van der Waals surface area contributed by atoms with Crippen molar-refractivity contribution in [2.24, 2.45) is 0 Å². The van der Waals surface area contributed by atoms with E-state index >= 15 is 0 Å². The Morgan fingerprint density at radius 1 is 0.881 bits per heavy atom. The van der Waals surface area contributed by atoms with Crippen molar-refractivity contribution < 1.29 is 14.6 Å². The number of H-pyrrole nitrogens is 1. The predicted molar refractivity (Wildman–Crippen MR) is 163 cm³/mol. The van der Waals surface area contributed by atoms with Crippen molar-refractivity contribution in [3.05, 3.63) is 97.3 Å². The Kier molecular flexibility index (Phi) is 8.68. The largest absolute Gasteiger partial charge is 0.493 e. The third-order valence-electron chi connectivity index (χ3n) is 7.13. The number of nitrogens with one attached hydrogen (secondary N) is 2. The first-order valence-corrected chi connectivity index (χ1v) is 14.3. The van der Waals surface area contributed by atoms with Gasteiger partial charge in [-0.15, -0.1) is 0 Å². The van der Waals surface area contributed by atoms with Gasteiger partial charge in [-0.05, 0) is 61.7 Å². The summed E-state index contributed by atoms with van der Waals surface area (Å²) in [4.78, 5) is 19.4. The van der Waals surface area contributed by atoms with Gasteiger partial charge in [-0.25, -0.2) is 15.0 Å². The van der Waals surface area contributed by atoms with Crippen molar-refractivity contribution in [3.63, 3.8) is 0 Å². The number of aliphatic hydroxyl groups is 1. The minimum atomic E-state index is -0.141. The van der Waals surface area contributed by atoms with Gasteiger partial charge in [-0.3, -0.25) is 0 Å². The molecule has 0 unspecified atom stereocenters. The average molecular weight is 563 g/mol. The van der Waals surface area contributed by atoms with Crippen molar-refractivity contribution in [2.75, 3.05) is 31.6 Å². The molecule has 3 aromatic carbocycles. The minimum absolute atomic E-state index is 0.141. The third-order valence-corrected chi connectivity index (χ3v) is 7.13. The smallest absolute Gasteiger partial charge is 0.227 e. The molecular weight excluding hydrogens is 528 g/mol. The van der Waals surface area contributed by atoms with E-state index in [2.05, 4.69) is 25.2 Å². The van der Waals surface area contributed by atoms with E-state index < -0.39 is 0 Å². The standard InChI is InChI=1S/C33H34N6O3/c40-26-14-18-39(19-15-26)17-6-20-41-28-11-5-8-25(22-28)36-33-34-16-13-30(38-33)31-23-35-32(37-31)24-7-4-12-29(21-24)42-27-9-2-1-3-10-27/h1-5,7-13,16,21-23,26,40H,6,14-15,17-20H2,(H,35,37)(H,34,36,38). The zero-order valence-corrected chi connectivity index (χ0v) is 23.3. The molecule has 3 N–H and O–H groups in total. The number of rotatable bonds is 11. The number of hydrogen-bond acceptors (Lipinski definition) is 8. The summed E-state index contributed by atoms with van der Waals surface area (Å²) in [6, 6.07) is 27.2. The summed E-state index contributed by atoms with van der Waals surface area (Å²) in [7, 11) is 0. The molecule has 0 amide bonds. The first kappa shape index (κ1) is 27.4. The van der Waals surface area contributed by atoms with Gasteiger partial charge in [0.1, 0.15) is 23.1 Å². The van der Waals surface area contributed by atoms with Crippen LogP contribution in [0.3, 0.4) is 0 Å². The van der Waals surface area contributed by atoms with Crippen LogP contribution in [0.4, 0.5) is 11.6 Å². The number of aromatic nitrogens is 4. The number of hydrogen-bond donors (Lipinski definition) is 3. The van der Waals surface area contributed by atoms with Gasteiger partial charge in [0.05, 0.1) is 30.3 Å². The second kappa shape index (κ2) is 13.3. The number of ether oxygens (including phenoxy) is 2. The number of aromatic amines is 1. The number of para-hydroxylation sites is 1. The highest BCUT2D eigenvalue weighted by Crippen LogP contribution is 2.28. The third kappa shape index (κ3) is 7.31. The van der Waals surface area contributed by atoms with Crippen LogP contribution in [0.5, 0.6) is 17.2 Å². The summed E-state index contributed by atoms with van der Waals surface area (Å²) >= 11 is 0. The van der Waals surface area contributed by atoms with Gasteiger partial charge >= 0.3 is 0 Å². The second-order valence-corrected chi connectivity index (χ2v) is 10.3. The molecule has 0 aliphatic carbocycles. The first-order valence-electron chi connectivity index (χ1n) is 14.3. The zero-order valence-electron chi connectivity index (χ0n) is 23.3. The highest BCUT2D eigenvalue weighted by atomic mass is 16.5. The van der Waals surface area contributed by atoms with E-state index in [1.165, 1.54) is 0 Å². The van der Waals surface area contributed by atoms with E-state index in [0.717, 1.165) is 84.6 Å². The number of piperidine rings is 1. The van der Waals surface area contributed by atoms with Gasteiger partial charge in [0.15, 0.2) is 0 Å². The van der Waals surface area contributed by atoms with Gasteiger partial charge < -0.3 is 29.8 Å². The summed E-state index contributed by atoms with van der Waals surface area (Å²) in [5, 5.41) is 13.0. The maximum atomic E-state index is 9.67. The van der Waals surface area contributed by atoms with Crippen LogP contribution in [0.1, 0.15) is 19.3 Å². The highest BCUT2D eigenvalue weighted by Gasteiger charge is 2.16. The molecule has 0 bridgehead atoms. The number of benzene rings is 3. The van der Waals surface area contributed by atoms with Gasteiger partial charge in [-0.1, -0.05) is 36.4 Å². The van der Waals surface area contributed by atoms with Crippen LogP contribution in [-0.4, -0.2) is 62.3 Å². The fourth-order valence-corrected chi connectivity index (χ4v) is 4.91. The SMILES string of the molecule is OC1CCN(CCCOc2cccc(Nc3nccc(-c4cnc(-c5cccc(Oc6ccccc6)c5)[nH]4)n3)c2)CC1. The Balaban J connectivity index is 1.06. The predicted octanol–water partition coefficient (Wildman–Crippen LogP) is 6.30. The first-order chi connectivity index (χ1) is 20.7. The fraction of sp³-hybridized carbons (Fsp3) is 0.242. The summed E-state index contributed by atoms with van der Waals surface area (Å²) < 4.78 is 12.0. The summed E-state index contributed by atoms with van der Waals surface area (Å²) in [5.41, 5.74) is 3.26. The molecule has 214 valence electrons. The van der Waals surface area contributed by atoms with E-state index in [4.69, 9.17) is 14.5 Å². The highest BCUT2D eigenvalue weighted by molar-refractivity contribution is 5.65. The van der Waals surface area contributed by atoms with Gasteiger partial charge in [0.25, 0.3) is 0 Å². The topological polar surface area (TPSA) is 108 Å². The quantitative estimate of drug-likeness (QED) is 0.161. The van der Waals surface area contributed by atoms with E-state index in [9.17, 15) is 5.11 Å². The Labute approximate surface area is 245 Å². The lowest BCUT2D eigenvalue weighted by atomic mass is 10.1. The van der Waals surface area contributed by atoms with Crippen molar-refractivity contribution in [1.82, 2.24) is 24.8 Å². The van der Waals surface area contributed by atoms with Crippen molar-refractivity contribution in [3.8, 4) is 40.0 Å². The molecule has 1 fully saturated rings. The molecule has 1 saturated heterocycles. The Morgan fingerprint density at radius 2 is 1.69 bits per heavy atom. The molecule has 0 radical (unpaired) electrons. The lowest BCUT2D eigenvalue weighted by molar-refractivity contribution is 0.0800. The van der Waals surface area contributed by atoms with E-state index in [1.54, 1.807) is 12.4 Å². The number of aliphatic hydroxyl groups excluding tert-OH is 1. The number of likely N-dealkylation sites (tertiary alicyclic amines) is 1. The summed E-state index contributed by atoms with van der Waals surface area (Å²) in [6.45, 7) is 3.53. The second-order valence-electron chi connectivity index (χ2n) is 10.3. The van der Waals surface area contributed by atoms with Crippen molar-refractivity contribution in [2.45, 2.75) is 25.4 Å². The molecule has 0 spiro atoms. The minimum Gasteiger partial charge on any atom is -0.493 e. The number of anilines is 2. The van der Waals surface area contributed by atoms with Crippen LogP contribution >= 0.6 is 0 Å². The molecule has 0 atom stereocenters. The molecular formula is C33H34N6O3. The Bertz CT molecular complexity index is 1580. The van der Waals surface area contributed by atoms with Gasteiger partial charge in [-0.2, -0.15) is 0 Å². The number of nitrogens with zero attached hydrogens (tertiary/aromatic N) is 4. The summed E-state index contributed by atoms with van der Waals surface area (Å²) in [5.74, 6) is 3.51. The molecule has 42 heavy (non-hydrogen) atoms. The average Bonchev–Trinajstić information content (AvgIpc) is 3.52.